The molecule has 8 heteroatoms. The molecule has 3 aromatic rings. The second-order valence-electron chi connectivity index (χ2n) is 6.82. The molecule has 0 aliphatic carbocycles. The van der Waals surface area contributed by atoms with Gasteiger partial charge in [-0.2, -0.15) is 5.10 Å². The van der Waals surface area contributed by atoms with E-state index in [1.807, 2.05) is 42.5 Å². The predicted molar refractivity (Wildman–Crippen MR) is 109 cm³/mol. The van der Waals surface area contributed by atoms with Crippen LogP contribution in [0.5, 0.6) is 0 Å². The largest absolute Gasteiger partial charge is 0.374 e. The fourth-order valence-corrected chi connectivity index (χ4v) is 3.31. The number of carbonyl (C=O) groups excluding carboxylic acids is 2. The van der Waals surface area contributed by atoms with Crippen molar-refractivity contribution in [3.63, 3.8) is 0 Å². The molecule has 1 aliphatic heterocycles. The lowest BCUT2D eigenvalue weighted by Crippen LogP contribution is -2.52. The number of amides is 3. The maximum Gasteiger partial charge on any atom is 0.319 e. The summed E-state index contributed by atoms with van der Waals surface area (Å²) in [4.78, 5) is 24.9. The lowest BCUT2D eigenvalue weighted by molar-refractivity contribution is -0.113. The Labute approximate surface area is 167 Å². The van der Waals surface area contributed by atoms with Gasteiger partial charge in [0.1, 0.15) is 0 Å². The number of aromatic amines is 1. The van der Waals surface area contributed by atoms with Gasteiger partial charge in [0.2, 0.25) is 0 Å². The molecule has 3 amide bonds. The van der Waals surface area contributed by atoms with Crippen molar-refractivity contribution in [3.8, 4) is 0 Å². The fourth-order valence-electron chi connectivity index (χ4n) is 3.31. The van der Waals surface area contributed by atoms with Gasteiger partial charge in [0.15, 0.2) is 0 Å². The molecule has 0 bridgehead atoms. The number of ether oxygens (including phenoxy) is 1. The summed E-state index contributed by atoms with van der Waals surface area (Å²) in [6.45, 7) is 2.28. The van der Waals surface area contributed by atoms with E-state index in [1.165, 1.54) is 0 Å². The third kappa shape index (κ3) is 4.27. The van der Waals surface area contributed by atoms with Gasteiger partial charge in [0.05, 0.1) is 36.5 Å². The molecule has 148 valence electrons. The number of hydrogen-bond acceptors (Lipinski definition) is 4. The van der Waals surface area contributed by atoms with Crippen molar-refractivity contribution in [3.05, 3.63) is 71.6 Å². The zero-order valence-corrected chi connectivity index (χ0v) is 15.9. The number of fused-ring (bicyclic) bond motifs is 1. The topological polar surface area (TPSA) is 108 Å². The Morgan fingerprint density at radius 3 is 2.86 bits per heavy atom. The average Bonchev–Trinajstić information content (AvgIpc) is 3.16. The Morgan fingerprint density at radius 1 is 1.21 bits per heavy atom. The van der Waals surface area contributed by atoms with E-state index in [9.17, 15) is 9.59 Å². The molecular formula is C21H21N5O3. The number of benzene rings is 2. The molecule has 4 N–H and O–H groups in total. The van der Waals surface area contributed by atoms with Gasteiger partial charge in [-0.15, -0.1) is 0 Å². The van der Waals surface area contributed by atoms with Gasteiger partial charge in [-0.3, -0.25) is 9.89 Å². The van der Waals surface area contributed by atoms with Crippen molar-refractivity contribution >= 4 is 28.5 Å². The van der Waals surface area contributed by atoms with Crippen molar-refractivity contribution in [2.24, 2.45) is 0 Å². The van der Waals surface area contributed by atoms with E-state index in [0.717, 1.165) is 16.5 Å². The Balaban J connectivity index is 1.47. The molecule has 0 saturated heterocycles. The SMILES string of the molecule is CC1=C(C(=O)Nc2ccc3[nH]ncc3c2)C(COCc2ccccc2)NC(=O)N1. The molecule has 0 saturated carbocycles. The molecule has 29 heavy (non-hydrogen) atoms. The third-order valence-corrected chi connectivity index (χ3v) is 4.70. The molecule has 4 rings (SSSR count). The van der Waals surface area contributed by atoms with E-state index in [0.29, 0.717) is 23.6 Å². The molecule has 1 unspecified atom stereocenters. The van der Waals surface area contributed by atoms with Crippen LogP contribution in [0.3, 0.4) is 0 Å². The Morgan fingerprint density at radius 2 is 2.03 bits per heavy atom. The summed E-state index contributed by atoms with van der Waals surface area (Å²) in [6.07, 6.45) is 1.69. The van der Waals surface area contributed by atoms with Gasteiger partial charge in [0, 0.05) is 16.8 Å². The van der Waals surface area contributed by atoms with Gasteiger partial charge in [0.25, 0.3) is 5.91 Å². The number of hydrogen-bond donors (Lipinski definition) is 4. The van der Waals surface area contributed by atoms with Crippen LogP contribution in [0, 0.1) is 0 Å². The van der Waals surface area contributed by atoms with Gasteiger partial charge < -0.3 is 20.7 Å². The molecule has 2 aromatic carbocycles. The maximum atomic E-state index is 13.0. The van der Waals surface area contributed by atoms with Gasteiger partial charge in [-0.1, -0.05) is 30.3 Å². The number of nitrogens with zero attached hydrogens (tertiary/aromatic N) is 1. The number of rotatable bonds is 6. The first-order valence-corrected chi connectivity index (χ1v) is 9.24. The molecule has 1 aromatic heterocycles. The highest BCUT2D eigenvalue weighted by Crippen LogP contribution is 2.20. The molecule has 2 heterocycles. The summed E-state index contributed by atoms with van der Waals surface area (Å²) in [5, 5.41) is 16.1. The van der Waals surface area contributed by atoms with Crippen molar-refractivity contribution in [1.29, 1.82) is 0 Å². The summed E-state index contributed by atoms with van der Waals surface area (Å²) in [5.41, 5.74) is 3.49. The summed E-state index contributed by atoms with van der Waals surface area (Å²) in [6, 6.07) is 14.3. The van der Waals surface area contributed by atoms with E-state index in [4.69, 9.17) is 4.74 Å². The van der Waals surface area contributed by atoms with Gasteiger partial charge in [-0.25, -0.2) is 4.79 Å². The standard InChI is InChI=1S/C21H21N5O3/c1-13-19(20(27)24-16-7-8-17-15(9-16)10-22-26-17)18(25-21(28)23-13)12-29-11-14-5-3-2-4-6-14/h2-10,18H,11-12H2,1H3,(H,22,26)(H,24,27)(H2,23,25,28). The highest BCUT2D eigenvalue weighted by atomic mass is 16.5. The van der Waals surface area contributed by atoms with Crippen LogP contribution < -0.4 is 16.0 Å². The zero-order valence-electron chi connectivity index (χ0n) is 15.9. The van der Waals surface area contributed by atoms with Crippen LogP contribution in [0.1, 0.15) is 12.5 Å². The first-order chi connectivity index (χ1) is 14.1. The normalized spacial score (nSPS) is 16.4. The number of anilines is 1. The minimum atomic E-state index is -0.551. The van der Waals surface area contributed by atoms with Crippen LogP contribution in [0.2, 0.25) is 0 Å². The summed E-state index contributed by atoms with van der Waals surface area (Å²) >= 11 is 0. The van der Waals surface area contributed by atoms with E-state index >= 15 is 0 Å². The summed E-state index contributed by atoms with van der Waals surface area (Å²) < 4.78 is 5.76. The van der Waals surface area contributed by atoms with Crippen molar-refractivity contribution < 1.29 is 14.3 Å². The maximum absolute atomic E-state index is 13.0. The van der Waals surface area contributed by atoms with Crippen LogP contribution in [-0.4, -0.2) is 34.8 Å². The Hall–Kier alpha value is -3.65. The van der Waals surface area contributed by atoms with Crippen molar-refractivity contribution in [2.45, 2.75) is 19.6 Å². The van der Waals surface area contributed by atoms with Crippen LogP contribution in [0.15, 0.2) is 66.0 Å². The first kappa shape index (κ1) is 18.7. The smallest absolute Gasteiger partial charge is 0.319 e. The zero-order chi connectivity index (χ0) is 20.2. The minimum Gasteiger partial charge on any atom is -0.374 e. The van der Waals surface area contributed by atoms with Gasteiger partial charge in [-0.05, 0) is 30.7 Å². The fraction of sp³-hybridized carbons (Fsp3) is 0.190. The number of aromatic nitrogens is 2. The van der Waals surface area contributed by atoms with E-state index in [-0.39, 0.29) is 18.5 Å². The molecule has 0 spiro atoms. The molecule has 1 aliphatic rings. The van der Waals surface area contributed by atoms with E-state index in [2.05, 4.69) is 26.1 Å². The molecule has 1 atom stereocenters. The number of carbonyl (C=O) groups is 2. The Kier molecular flexibility index (Phi) is 5.26. The van der Waals surface area contributed by atoms with Crippen molar-refractivity contribution in [1.82, 2.24) is 20.8 Å². The molecule has 0 fully saturated rings. The van der Waals surface area contributed by atoms with Crippen LogP contribution in [-0.2, 0) is 16.1 Å². The lowest BCUT2D eigenvalue weighted by Gasteiger charge is -2.28. The highest BCUT2D eigenvalue weighted by Gasteiger charge is 2.30. The Bertz CT molecular complexity index is 1070. The number of urea groups is 1. The quantitative estimate of drug-likeness (QED) is 0.518. The lowest BCUT2D eigenvalue weighted by atomic mass is 10.0. The van der Waals surface area contributed by atoms with Gasteiger partial charge >= 0.3 is 6.03 Å². The van der Waals surface area contributed by atoms with E-state index < -0.39 is 6.04 Å². The predicted octanol–water partition coefficient (Wildman–Crippen LogP) is 2.67. The summed E-state index contributed by atoms with van der Waals surface area (Å²) in [7, 11) is 0. The minimum absolute atomic E-state index is 0.184. The summed E-state index contributed by atoms with van der Waals surface area (Å²) in [5.74, 6) is -0.300. The monoisotopic (exact) mass is 391 g/mol. The second-order valence-corrected chi connectivity index (χ2v) is 6.82. The molecule has 8 nitrogen and oxygen atoms in total. The van der Waals surface area contributed by atoms with Crippen molar-refractivity contribution in [2.75, 3.05) is 11.9 Å². The third-order valence-electron chi connectivity index (χ3n) is 4.70. The molecule has 0 radical (unpaired) electrons. The highest BCUT2D eigenvalue weighted by molar-refractivity contribution is 6.07. The van der Waals surface area contributed by atoms with E-state index in [1.54, 1.807) is 19.2 Å². The number of H-pyrrole nitrogens is 1. The van der Waals surface area contributed by atoms with Crippen LogP contribution in [0.25, 0.3) is 10.9 Å². The molecular weight excluding hydrogens is 370 g/mol. The first-order valence-electron chi connectivity index (χ1n) is 9.24. The van der Waals surface area contributed by atoms with Crippen LogP contribution >= 0.6 is 0 Å². The average molecular weight is 391 g/mol. The van der Waals surface area contributed by atoms with Crippen LogP contribution in [0.4, 0.5) is 10.5 Å². The number of nitrogens with one attached hydrogen (secondary N) is 4. The number of allylic oxidation sites excluding steroid dienone is 1. The second kappa shape index (κ2) is 8.15.